The third kappa shape index (κ3) is 3.28. The molecule has 5 heteroatoms. The number of rotatable bonds is 4. The molecule has 1 N–H and O–H groups in total. The lowest BCUT2D eigenvalue weighted by Gasteiger charge is -2.05. The van der Waals surface area contributed by atoms with Gasteiger partial charge in [0.2, 0.25) is 0 Å². The maximum Gasteiger partial charge on any atom is 0.275 e. The van der Waals surface area contributed by atoms with Crippen molar-refractivity contribution in [2.45, 2.75) is 6.10 Å². The highest BCUT2D eigenvalue weighted by Crippen LogP contribution is 2.25. The second-order valence-corrected chi connectivity index (χ2v) is 3.72. The molecule has 0 amide bonds. The van der Waals surface area contributed by atoms with E-state index in [9.17, 15) is 15.2 Å². The first-order valence-electron chi connectivity index (χ1n) is 4.31. The highest BCUT2D eigenvalue weighted by molar-refractivity contribution is 14.1. The van der Waals surface area contributed by atoms with Crippen LogP contribution >= 0.6 is 22.6 Å². The number of aliphatic hydroxyl groups is 1. The molecule has 15 heavy (non-hydrogen) atoms. The van der Waals surface area contributed by atoms with Gasteiger partial charge in [0, 0.05) is 10.5 Å². The number of nitrogens with zero attached hydrogens (tertiary/aromatic N) is 1. The number of hydrogen-bond acceptors (Lipinski definition) is 3. The minimum Gasteiger partial charge on any atom is -0.384 e. The molecule has 0 spiro atoms. The number of hydrogen-bond donors (Lipinski definition) is 1. The minimum absolute atomic E-state index is 0.0527. The largest absolute Gasteiger partial charge is 0.384 e. The lowest BCUT2D eigenvalue weighted by atomic mass is 10.1. The van der Waals surface area contributed by atoms with Gasteiger partial charge in [-0.15, -0.1) is 0 Å². The van der Waals surface area contributed by atoms with Crippen LogP contribution in [0.2, 0.25) is 0 Å². The monoisotopic (exact) mass is 319 g/mol. The molecule has 0 aliphatic carbocycles. The molecule has 0 radical (unpaired) electrons. The Morgan fingerprint density at radius 2 is 2.20 bits per heavy atom. The van der Waals surface area contributed by atoms with Gasteiger partial charge in [0.1, 0.15) is 6.10 Å². The van der Waals surface area contributed by atoms with Crippen molar-refractivity contribution in [3.63, 3.8) is 0 Å². The molecule has 1 unspecified atom stereocenters. The van der Waals surface area contributed by atoms with Gasteiger partial charge in [-0.25, -0.2) is 0 Å². The predicted octanol–water partition coefficient (Wildman–Crippen LogP) is 2.62. The normalized spacial score (nSPS) is 12.9. The number of halogens is 1. The molecule has 4 nitrogen and oxygen atoms in total. The number of benzene rings is 1. The summed E-state index contributed by atoms with van der Waals surface area (Å²) < 4.78 is 0.759. The third-order valence-corrected chi connectivity index (χ3v) is 2.37. The Labute approximate surface area is 101 Å². The number of aliphatic hydroxyl groups excluding tert-OH is 1. The van der Waals surface area contributed by atoms with E-state index in [2.05, 4.69) is 22.6 Å². The molecule has 0 heterocycles. The van der Waals surface area contributed by atoms with Crippen LogP contribution in [0.15, 0.2) is 36.4 Å². The summed E-state index contributed by atoms with van der Waals surface area (Å²) in [5.74, 6) is 0. The molecule has 0 aliphatic heterocycles. The summed E-state index contributed by atoms with van der Waals surface area (Å²) in [6.07, 6.45) is 2.40. The average Bonchev–Trinajstić information content (AvgIpc) is 2.25. The molecule has 1 aromatic carbocycles. The van der Waals surface area contributed by atoms with Crippen molar-refractivity contribution in [2.75, 3.05) is 4.43 Å². The number of nitro benzene ring substituents is 1. The van der Waals surface area contributed by atoms with Crippen LogP contribution < -0.4 is 0 Å². The van der Waals surface area contributed by atoms with Crippen molar-refractivity contribution in [1.82, 2.24) is 0 Å². The molecular weight excluding hydrogens is 309 g/mol. The zero-order valence-electron chi connectivity index (χ0n) is 7.84. The first kappa shape index (κ1) is 12.1. The second-order valence-electron chi connectivity index (χ2n) is 2.84. The van der Waals surface area contributed by atoms with Crippen LogP contribution in [0.4, 0.5) is 5.69 Å². The smallest absolute Gasteiger partial charge is 0.275 e. The molecule has 0 bridgehead atoms. The van der Waals surface area contributed by atoms with Gasteiger partial charge >= 0.3 is 0 Å². The van der Waals surface area contributed by atoms with Gasteiger partial charge < -0.3 is 5.11 Å². The Morgan fingerprint density at radius 1 is 1.53 bits per heavy atom. The van der Waals surface area contributed by atoms with Crippen molar-refractivity contribution in [2.24, 2.45) is 0 Å². The Morgan fingerprint density at radius 3 is 2.80 bits per heavy atom. The van der Waals surface area contributed by atoms with Crippen LogP contribution in [0.25, 0.3) is 0 Å². The molecule has 1 rings (SSSR count). The van der Waals surface area contributed by atoms with E-state index in [0.29, 0.717) is 5.56 Å². The van der Waals surface area contributed by atoms with Gasteiger partial charge in [0.25, 0.3) is 5.69 Å². The fourth-order valence-electron chi connectivity index (χ4n) is 1.19. The molecule has 1 atom stereocenters. The minimum atomic E-state index is -0.915. The molecule has 0 aromatic heterocycles. The summed E-state index contributed by atoms with van der Waals surface area (Å²) in [4.78, 5) is 10.2. The van der Waals surface area contributed by atoms with E-state index >= 15 is 0 Å². The lowest BCUT2D eigenvalue weighted by molar-refractivity contribution is -0.386. The summed E-state index contributed by atoms with van der Waals surface area (Å²) in [7, 11) is 0. The third-order valence-electron chi connectivity index (χ3n) is 1.86. The summed E-state index contributed by atoms with van der Waals surface area (Å²) >= 11 is 2.13. The van der Waals surface area contributed by atoms with E-state index in [1.54, 1.807) is 30.4 Å². The van der Waals surface area contributed by atoms with E-state index < -0.39 is 11.0 Å². The van der Waals surface area contributed by atoms with Crippen LogP contribution in [0.1, 0.15) is 11.7 Å². The summed E-state index contributed by atoms with van der Waals surface area (Å²) in [5.41, 5.74) is 0.270. The zero-order chi connectivity index (χ0) is 11.3. The topological polar surface area (TPSA) is 63.4 Å². The van der Waals surface area contributed by atoms with Crippen molar-refractivity contribution in [3.05, 3.63) is 52.1 Å². The first-order chi connectivity index (χ1) is 7.16. The molecular formula is C10H10INO3. The number of nitro groups is 1. The number of allylic oxidation sites excluding steroid dienone is 1. The number of alkyl halides is 1. The molecule has 0 saturated heterocycles. The number of para-hydroxylation sites is 1. The van der Waals surface area contributed by atoms with Crippen molar-refractivity contribution in [3.8, 4) is 0 Å². The second kappa shape index (κ2) is 5.82. The maximum atomic E-state index is 10.7. The van der Waals surface area contributed by atoms with Crippen molar-refractivity contribution in [1.29, 1.82) is 0 Å². The zero-order valence-corrected chi connectivity index (χ0v) is 9.99. The molecule has 0 fully saturated rings. The Hall–Kier alpha value is -0.950. The van der Waals surface area contributed by atoms with Crippen LogP contribution in [0.5, 0.6) is 0 Å². The van der Waals surface area contributed by atoms with Crippen molar-refractivity contribution >= 4 is 28.3 Å². The SMILES string of the molecule is O=[N+]([O-])c1ccccc1C(O)/C=C/CI. The van der Waals surface area contributed by atoms with Crippen LogP contribution in [-0.2, 0) is 0 Å². The van der Waals surface area contributed by atoms with Crippen LogP contribution in [0, 0.1) is 10.1 Å². The fraction of sp³-hybridized carbons (Fsp3) is 0.200. The van der Waals surface area contributed by atoms with E-state index in [4.69, 9.17) is 0 Å². The summed E-state index contributed by atoms with van der Waals surface area (Å²) in [5, 5.41) is 20.4. The summed E-state index contributed by atoms with van der Waals surface area (Å²) in [6, 6.07) is 6.19. The maximum absolute atomic E-state index is 10.7. The highest BCUT2D eigenvalue weighted by Gasteiger charge is 2.16. The fourth-order valence-corrected chi connectivity index (χ4v) is 1.48. The van der Waals surface area contributed by atoms with Crippen LogP contribution in [-0.4, -0.2) is 14.5 Å². The van der Waals surface area contributed by atoms with Gasteiger partial charge in [-0.05, 0) is 6.07 Å². The standard InChI is InChI=1S/C10H10INO3/c11-7-3-6-10(13)8-4-1-2-5-9(8)12(14)15/h1-6,10,13H,7H2/b6-3+. The van der Waals surface area contributed by atoms with Gasteiger partial charge in [0.05, 0.1) is 10.5 Å². The highest BCUT2D eigenvalue weighted by atomic mass is 127. The van der Waals surface area contributed by atoms with Gasteiger partial charge in [-0.3, -0.25) is 10.1 Å². The average molecular weight is 319 g/mol. The Balaban J connectivity index is 3.02. The van der Waals surface area contributed by atoms with E-state index in [0.717, 1.165) is 4.43 Å². The van der Waals surface area contributed by atoms with Gasteiger partial charge in [-0.1, -0.05) is 46.9 Å². The van der Waals surface area contributed by atoms with Gasteiger partial charge in [-0.2, -0.15) is 0 Å². The Bertz CT molecular complexity index is 379. The first-order valence-corrected chi connectivity index (χ1v) is 5.83. The van der Waals surface area contributed by atoms with Gasteiger partial charge in [0.15, 0.2) is 0 Å². The molecule has 0 saturated carbocycles. The molecule has 0 aliphatic rings. The van der Waals surface area contributed by atoms with Crippen LogP contribution in [0.3, 0.4) is 0 Å². The Kier molecular flexibility index (Phi) is 4.70. The molecule has 80 valence electrons. The molecule has 1 aromatic rings. The predicted molar refractivity (Wildman–Crippen MR) is 66.1 cm³/mol. The lowest BCUT2D eigenvalue weighted by Crippen LogP contribution is -1.99. The van der Waals surface area contributed by atoms with E-state index in [1.807, 2.05) is 0 Å². The summed E-state index contributed by atoms with van der Waals surface area (Å²) in [6.45, 7) is 0. The van der Waals surface area contributed by atoms with Crippen molar-refractivity contribution < 1.29 is 10.0 Å². The van der Waals surface area contributed by atoms with E-state index in [1.165, 1.54) is 6.07 Å². The quantitative estimate of drug-likeness (QED) is 0.305. The van der Waals surface area contributed by atoms with E-state index in [-0.39, 0.29) is 5.69 Å².